The van der Waals surface area contributed by atoms with Gasteiger partial charge in [-0.3, -0.25) is 9.59 Å². The van der Waals surface area contributed by atoms with E-state index in [9.17, 15) is 9.59 Å². The summed E-state index contributed by atoms with van der Waals surface area (Å²) in [5.74, 6) is 0.834. The number of piperidine rings is 1. The third-order valence-electron chi connectivity index (χ3n) is 8.24. The van der Waals surface area contributed by atoms with Crippen LogP contribution in [0.3, 0.4) is 0 Å². The number of fused-ring (bicyclic) bond motifs is 1. The van der Waals surface area contributed by atoms with Crippen molar-refractivity contribution in [1.29, 1.82) is 0 Å². The molecule has 198 valence electrons. The molecular weight excluding hydrogens is 468 g/mol. The molecule has 0 spiro atoms. The Morgan fingerprint density at radius 3 is 2.62 bits per heavy atom. The van der Waals surface area contributed by atoms with Gasteiger partial charge in [-0.05, 0) is 71.2 Å². The zero-order valence-electron chi connectivity index (χ0n) is 22.3. The van der Waals surface area contributed by atoms with Gasteiger partial charge in [0.25, 0.3) is 11.5 Å². The van der Waals surface area contributed by atoms with Crippen molar-refractivity contribution in [3.8, 4) is 5.75 Å². The van der Waals surface area contributed by atoms with Gasteiger partial charge >= 0.3 is 0 Å². The monoisotopic (exact) mass is 506 g/mol. The molecule has 8 nitrogen and oxygen atoms in total. The molecule has 2 atom stereocenters. The van der Waals surface area contributed by atoms with Crippen LogP contribution in [0.1, 0.15) is 59.5 Å². The van der Waals surface area contributed by atoms with Crippen molar-refractivity contribution in [3.05, 3.63) is 63.2 Å². The minimum Gasteiger partial charge on any atom is -0.496 e. The van der Waals surface area contributed by atoms with Gasteiger partial charge in [0.05, 0.1) is 30.9 Å². The summed E-state index contributed by atoms with van der Waals surface area (Å²) < 4.78 is 13.4. The molecule has 0 saturated carbocycles. The van der Waals surface area contributed by atoms with Crippen molar-refractivity contribution in [3.63, 3.8) is 0 Å². The van der Waals surface area contributed by atoms with Gasteiger partial charge in [-0.2, -0.15) is 0 Å². The quantitative estimate of drug-likeness (QED) is 0.483. The first kappa shape index (κ1) is 25.5. The van der Waals surface area contributed by atoms with Gasteiger partial charge in [-0.1, -0.05) is 18.2 Å². The minimum absolute atomic E-state index is 0.0925. The van der Waals surface area contributed by atoms with Crippen LogP contribution in [0.4, 0.5) is 0 Å². The Bertz CT molecular complexity index is 1330. The van der Waals surface area contributed by atoms with Crippen LogP contribution in [0.2, 0.25) is 0 Å². The highest BCUT2D eigenvalue weighted by atomic mass is 16.5. The molecule has 2 aliphatic rings. The lowest BCUT2D eigenvalue weighted by Gasteiger charge is -2.39. The highest BCUT2D eigenvalue weighted by molar-refractivity contribution is 6.08. The molecule has 1 aromatic carbocycles. The van der Waals surface area contributed by atoms with Crippen molar-refractivity contribution in [2.45, 2.75) is 58.7 Å². The van der Waals surface area contributed by atoms with Crippen molar-refractivity contribution in [1.82, 2.24) is 19.8 Å². The molecule has 2 saturated heterocycles. The normalized spacial score (nSPS) is 19.5. The SMILES string of the molecule is COc1cc(C)[nH]c(=O)c1CNC(=O)c1c(C)n([C@H](C)C2CCN(CC3CCO3)CC2)c2ccccc12. The molecule has 8 heteroatoms. The molecule has 3 aromatic rings. The van der Waals surface area contributed by atoms with Gasteiger partial charge in [-0.25, -0.2) is 0 Å². The van der Waals surface area contributed by atoms with Crippen LogP contribution >= 0.6 is 0 Å². The Morgan fingerprint density at radius 2 is 1.95 bits per heavy atom. The van der Waals surface area contributed by atoms with E-state index in [4.69, 9.17) is 9.47 Å². The van der Waals surface area contributed by atoms with Crippen LogP contribution in [-0.2, 0) is 11.3 Å². The van der Waals surface area contributed by atoms with E-state index >= 15 is 0 Å². The Balaban J connectivity index is 1.36. The molecule has 0 radical (unpaired) electrons. The van der Waals surface area contributed by atoms with Gasteiger partial charge < -0.3 is 29.2 Å². The third-order valence-corrected chi connectivity index (χ3v) is 8.24. The average molecular weight is 507 g/mol. The number of nitrogens with zero attached hydrogens (tertiary/aromatic N) is 2. The first-order valence-electron chi connectivity index (χ1n) is 13.4. The number of aromatic nitrogens is 2. The maximum atomic E-state index is 13.5. The first-order valence-corrected chi connectivity index (χ1v) is 13.4. The van der Waals surface area contributed by atoms with Crippen LogP contribution in [0, 0.1) is 19.8 Å². The standard InChI is InChI=1S/C29H38N4O4/c1-18-15-26(36-4)24(28(34)31-18)16-30-29(35)27-20(3)33(25-8-6-5-7-23(25)27)19(2)21-9-12-32(13-10-21)17-22-11-14-37-22/h5-8,15,19,21-22H,9-14,16-17H2,1-4H3,(H,30,35)(H,31,34)/t19-,22?/m1/s1. The van der Waals surface area contributed by atoms with Crippen molar-refractivity contribution in [2.24, 2.45) is 5.92 Å². The van der Waals surface area contributed by atoms with Crippen molar-refractivity contribution >= 4 is 16.8 Å². The predicted octanol–water partition coefficient (Wildman–Crippen LogP) is 3.95. The number of likely N-dealkylation sites (tertiary alicyclic amines) is 1. The first-order chi connectivity index (χ1) is 17.9. The molecule has 1 amide bonds. The second-order valence-electron chi connectivity index (χ2n) is 10.5. The van der Waals surface area contributed by atoms with Crippen molar-refractivity contribution in [2.75, 3.05) is 33.4 Å². The number of amides is 1. The fourth-order valence-corrected chi connectivity index (χ4v) is 6.04. The Labute approximate surface area is 217 Å². The number of aryl methyl sites for hydroxylation is 1. The average Bonchev–Trinajstić information content (AvgIpc) is 3.16. The van der Waals surface area contributed by atoms with Crippen molar-refractivity contribution < 1.29 is 14.3 Å². The summed E-state index contributed by atoms with van der Waals surface area (Å²) in [6.45, 7) is 10.4. The van der Waals surface area contributed by atoms with Crippen LogP contribution in [0.5, 0.6) is 5.75 Å². The number of carbonyl (C=O) groups excluding carboxylic acids is 1. The topological polar surface area (TPSA) is 88.6 Å². The second-order valence-corrected chi connectivity index (χ2v) is 10.5. The van der Waals surface area contributed by atoms with E-state index in [1.54, 1.807) is 13.0 Å². The maximum Gasteiger partial charge on any atom is 0.256 e. The lowest BCUT2D eigenvalue weighted by Crippen LogP contribution is -2.44. The van der Waals surface area contributed by atoms with Crippen LogP contribution in [0.15, 0.2) is 35.1 Å². The highest BCUT2D eigenvalue weighted by Crippen LogP contribution is 2.36. The largest absolute Gasteiger partial charge is 0.496 e. The Morgan fingerprint density at radius 1 is 1.22 bits per heavy atom. The summed E-state index contributed by atoms with van der Waals surface area (Å²) in [6, 6.07) is 10.2. The molecule has 2 fully saturated rings. The van der Waals surface area contributed by atoms with E-state index in [0.717, 1.165) is 55.7 Å². The molecule has 2 aromatic heterocycles. The number of para-hydroxylation sites is 1. The summed E-state index contributed by atoms with van der Waals surface area (Å²) in [5.41, 5.74) is 3.59. The molecule has 5 rings (SSSR count). The molecule has 0 bridgehead atoms. The van der Waals surface area contributed by atoms with Gasteiger partial charge in [0.1, 0.15) is 5.75 Å². The number of benzene rings is 1. The number of ether oxygens (including phenoxy) is 2. The zero-order chi connectivity index (χ0) is 26.1. The van der Waals surface area contributed by atoms with E-state index < -0.39 is 0 Å². The fourth-order valence-electron chi connectivity index (χ4n) is 6.04. The maximum absolute atomic E-state index is 13.5. The summed E-state index contributed by atoms with van der Waals surface area (Å²) in [5, 5.41) is 3.92. The number of pyridine rings is 1. The summed E-state index contributed by atoms with van der Waals surface area (Å²) >= 11 is 0. The van der Waals surface area contributed by atoms with Crippen LogP contribution < -0.4 is 15.6 Å². The van der Waals surface area contributed by atoms with Crippen LogP contribution in [0.25, 0.3) is 10.9 Å². The van der Waals surface area contributed by atoms with E-state index in [-0.39, 0.29) is 24.1 Å². The van der Waals surface area contributed by atoms with E-state index in [2.05, 4.69) is 32.8 Å². The van der Waals surface area contributed by atoms with Crippen LogP contribution in [-0.4, -0.2) is 59.8 Å². The van der Waals surface area contributed by atoms with E-state index in [1.807, 2.05) is 25.1 Å². The Kier molecular flexibility index (Phi) is 7.40. The predicted molar refractivity (Wildman–Crippen MR) is 144 cm³/mol. The van der Waals surface area contributed by atoms with Gasteiger partial charge in [-0.15, -0.1) is 0 Å². The highest BCUT2D eigenvalue weighted by Gasteiger charge is 2.30. The number of aromatic amines is 1. The Hall–Kier alpha value is -3.10. The number of carbonyl (C=O) groups is 1. The fraction of sp³-hybridized carbons (Fsp3) is 0.517. The van der Waals surface area contributed by atoms with Gasteiger partial charge in [0, 0.05) is 41.5 Å². The smallest absolute Gasteiger partial charge is 0.256 e. The number of hydrogen-bond donors (Lipinski definition) is 2. The lowest BCUT2D eigenvalue weighted by molar-refractivity contribution is -0.0706. The molecule has 2 N–H and O–H groups in total. The molecular formula is C29H38N4O4. The number of rotatable bonds is 8. The summed E-state index contributed by atoms with van der Waals surface area (Å²) in [7, 11) is 1.53. The zero-order valence-corrected chi connectivity index (χ0v) is 22.3. The molecule has 1 unspecified atom stereocenters. The number of nitrogens with one attached hydrogen (secondary N) is 2. The molecule has 0 aliphatic carbocycles. The lowest BCUT2D eigenvalue weighted by atomic mass is 9.89. The van der Waals surface area contributed by atoms with Gasteiger partial charge in [0.2, 0.25) is 0 Å². The minimum atomic E-state index is -0.250. The van der Waals surface area contributed by atoms with E-state index in [1.165, 1.54) is 13.5 Å². The molecule has 4 heterocycles. The molecule has 2 aliphatic heterocycles. The third kappa shape index (κ3) is 5.05. The number of hydrogen-bond acceptors (Lipinski definition) is 5. The van der Waals surface area contributed by atoms with E-state index in [0.29, 0.717) is 34.6 Å². The number of methoxy groups -OCH3 is 1. The second kappa shape index (κ2) is 10.7. The molecule has 37 heavy (non-hydrogen) atoms. The summed E-state index contributed by atoms with van der Waals surface area (Å²) in [4.78, 5) is 31.4. The van der Waals surface area contributed by atoms with Gasteiger partial charge in [0.15, 0.2) is 0 Å². The summed E-state index contributed by atoms with van der Waals surface area (Å²) in [6.07, 6.45) is 3.87. The number of H-pyrrole nitrogens is 1.